The maximum Gasteiger partial charge on any atom is 0.126 e. The Morgan fingerprint density at radius 1 is 1.37 bits per heavy atom. The van der Waals surface area contributed by atoms with Gasteiger partial charge >= 0.3 is 0 Å². The first kappa shape index (κ1) is 14.6. The Balaban J connectivity index is 2.10. The van der Waals surface area contributed by atoms with Crippen LogP contribution in [0.1, 0.15) is 45.2 Å². The molecule has 1 aliphatic rings. The average molecular weight is 282 g/mol. The molecule has 0 radical (unpaired) electrons. The van der Waals surface area contributed by atoms with Crippen LogP contribution in [0.3, 0.4) is 0 Å². The van der Waals surface area contributed by atoms with Crippen LogP contribution in [-0.4, -0.2) is 29.0 Å². The summed E-state index contributed by atoms with van der Waals surface area (Å²) in [6.07, 6.45) is 5.17. The predicted octanol–water partition coefficient (Wildman–Crippen LogP) is 3.93. The molecule has 0 saturated carbocycles. The minimum Gasteiger partial charge on any atom is -0.370 e. The number of piperidine rings is 1. The highest BCUT2D eigenvalue weighted by molar-refractivity contribution is 6.31. The van der Waals surface area contributed by atoms with Gasteiger partial charge in [-0.25, -0.2) is 4.98 Å². The molecule has 1 aliphatic heterocycles. The summed E-state index contributed by atoms with van der Waals surface area (Å²) in [6, 6.07) is 4.59. The van der Waals surface area contributed by atoms with Gasteiger partial charge in [-0.3, -0.25) is 4.90 Å². The number of hydrogen-bond donors (Lipinski definition) is 1. The summed E-state index contributed by atoms with van der Waals surface area (Å²) >= 11 is 6.29. The first-order chi connectivity index (χ1) is 9.24. The third-order valence-corrected chi connectivity index (χ3v) is 4.19. The van der Waals surface area contributed by atoms with Gasteiger partial charge in [-0.05, 0) is 44.9 Å². The van der Waals surface area contributed by atoms with E-state index in [4.69, 9.17) is 11.6 Å². The standard InChI is InChI=1S/C15H24ClN3/c1-3-12-7-5-6-10-19(12)11-14-13(16)8-9-15(18-14)17-4-2/h8-9,12H,3-7,10-11H2,1-2H3,(H,17,18). The molecule has 0 spiro atoms. The maximum atomic E-state index is 6.29. The lowest BCUT2D eigenvalue weighted by Gasteiger charge is -2.35. The number of anilines is 1. The van der Waals surface area contributed by atoms with Gasteiger partial charge in [0, 0.05) is 19.1 Å². The van der Waals surface area contributed by atoms with Crippen molar-refractivity contribution in [3.05, 3.63) is 22.8 Å². The van der Waals surface area contributed by atoms with Crippen LogP contribution < -0.4 is 5.32 Å². The van der Waals surface area contributed by atoms with Gasteiger partial charge in [0.2, 0.25) is 0 Å². The molecule has 0 bridgehead atoms. The van der Waals surface area contributed by atoms with E-state index in [-0.39, 0.29) is 0 Å². The molecule has 1 unspecified atom stereocenters. The van der Waals surface area contributed by atoms with Crippen molar-refractivity contribution in [1.82, 2.24) is 9.88 Å². The van der Waals surface area contributed by atoms with Crippen molar-refractivity contribution >= 4 is 17.4 Å². The van der Waals surface area contributed by atoms with E-state index < -0.39 is 0 Å². The zero-order valence-electron chi connectivity index (χ0n) is 12.0. The molecular formula is C15H24ClN3. The number of halogens is 1. The maximum absolute atomic E-state index is 6.29. The number of nitrogens with zero attached hydrogens (tertiary/aromatic N) is 2. The van der Waals surface area contributed by atoms with Crippen molar-refractivity contribution in [2.75, 3.05) is 18.4 Å². The zero-order chi connectivity index (χ0) is 13.7. The van der Waals surface area contributed by atoms with Crippen LogP contribution in [0, 0.1) is 0 Å². The third-order valence-electron chi connectivity index (χ3n) is 3.85. The summed E-state index contributed by atoms with van der Waals surface area (Å²) in [5.41, 5.74) is 1.00. The molecule has 1 N–H and O–H groups in total. The Kier molecular flexibility index (Phi) is 5.46. The second kappa shape index (κ2) is 7.11. The van der Waals surface area contributed by atoms with E-state index in [1.54, 1.807) is 0 Å². The monoisotopic (exact) mass is 281 g/mol. The van der Waals surface area contributed by atoms with Crippen molar-refractivity contribution in [3.8, 4) is 0 Å². The quantitative estimate of drug-likeness (QED) is 0.886. The molecule has 0 aliphatic carbocycles. The lowest BCUT2D eigenvalue weighted by atomic mass is 10.00. The van der Waals surface area contributed by atoms with Crippen LogP contribution in [0.2, 0.25) is 5.02 Å². The third kappa shape index (κ3) is 3.83. The average Bonchev–Trinajstić information content (AvgIpc) is 2.43. The largest absolute Gasteiger partial charge is 0.370 e. The van der Waals surface area contributed by atoms with Crippen LogP contribution in [0.25, 0.3) is 0 Å². The van der Waals surface area contributed by atoms with Gasteiger partial charge in [0.1, 0.15) is 5.82 Å². The van der Waals surface area contributed by atoms with E-state index >= 15 is 0 Å². The minimum atomic E-state index is 0.689. The summed E-state index contributed by atoms with van der Waals surface area (Å²) in [7, 11) is 0. The molecule has 2 heterocycles. The molecule has 3 nitrogen and oxygen atoms in total. The molecule has 1 atom stereocenters. The van der Waals surface area contributed by atoms with E-state index in [0.717, 1.165) is 29.6 Å². The van der Waals surface area contributed by atoms with Gasteiger partial charge in [0.15, 0.2) is 0 Å². The Morgan fingerprint density at radius 3 is 2.95 bits per heavy atom. The molecule has 0 amide bonds. The summed E-state index contributed by atoms with van der Waals surface area (Å²) in [6.45, 7) is 7.27. The van der Waals surface area contributed by atoms with Crippen LogP contribution in [0.15, 0.2) is 12.1 Å². The summed E-state index contributed by atoms with van der Waals surface area (Å²) < 4.78 is 0. The molecule has 106 valence electrons. The Bertz CT molecular complexity index is 408. The van der Waals surface area contributed by atoms with Crippen LogP contribution in [0.4, 0.5) is 5.82 Å². The van der Waals surface area contributed by atoms with Crippen molar-refractivity contribution in [2.45, 2.75) is 52.1 Å². The minimum absolute atomic E-state index is 0.689. The number of rotatable bonds is 5. The van der Waals surface area contributed by atoms with E-state index in [1.165, 1.54) is 32.2 Å². The number of pyridine rings is 1. The smallest absolute Gasteiger partial charge is 0.126 e. The lowest BCUT2D eigenvalue weighted by molar-refractivity contribution is 0.134. The van der Waals surface area contributed by atoms with Gasteiger partial charge in [0.05, 0.1) is 10.7 Å². The first-order valence-corrected chi connectivity index (χ1v) is 7.75. The Hall–Kier alpha value is -0.800. The molecule has 1 fully saturated rings. The molecule has 4 heteroatoms. The second-order valence-corrected chi connectivity index (χ2v) is 5.59. The topological polar surface area (TPSA) is 28.2 Å². The van der Waals surface area contributed by atoms with E-state index in [0.29, 0.717) is 6.04 Å². The molecule has 19 heavy (non-hydrogen) atoms. The fourth-order valence-corrected chi connectivity index (χ4v) is 2.96. The Morgan fingerprint density at radius 2 is 2.21 bits per heavy atom. The highest BCUT2D eigenvalue weighted by Gasteiger charge is 2.22. The summed E-state index contributed by atoms with van der Waals surface area (Å²) in [5, 5.41) is 4.03. The predicted molar refractivity (Wildman–Crippen MR) is 81.8 cm³/mol. The Labute approximate surface area is 121 Å². The first-order valence-electron chi connectivity index (χ1n) is 7.38. The van der Waals surface area contributed by atoms with Gasteiger partial charge in [-0.2, -0.15) is 0 Å². The second-order valence-electron chi connectivity index (χ2n) is 5.18. The van der Waals surface area contributed by atoms with Gasteiger partial charge < -0.3 is 5.32 Å². The van der Waals surface area contributed by atoms with Crippen LogP contribution >= 0.6 is 11.6 Å². The number of nitrogens with one attached hydrogen (secondary N) is 1. The number of hydrogen-bond acceptors (Lipinski definition) is 3. The fourth-order valence-electron chi connectivity index (χ4n) is 2.80. The van der Waals surface area contributed by atoms with E-state index in [9.17, 15) is 0 Å². The van der Waals surface area contributed by atoms with Crippen molar-refractivity contribution in [2.24, 2.45) is 0 Å². The van der Waals surface area contributed by atoms with Crippen molar-refractivity contribution in [3.63, 3.8) is 0 Å². The zero-order valence-corrected chi connectivity index (χ0v) is 12.7. The van der Waals surface area contributed by atoms with Crippen molar-refractivity contribution < 1.29 is 0 Å². The normalized spacial score (nSPS) is 20.5. The molecular weight excluding hydrogens is 258 g/mol. The van der Waals surface area contributed by atoms with E-state index in [2.05, 4.69) is 29.0 Å². The van der Waals surface area contributed by atoms with E-state index in [1.807, 2.05) is 12.1 Å². The van der Waals surface area contributed by atoms with Crippen molar-refractivity contribution in [1.29, 1.82) is 0 Å². The highest BCUT2D eigenvalue weighted by atomic mass is 35.5. The van der Waals surface area contributed by atoms with Gasteiger partial charge in [-0.15, -0.1) is 0 Å². The molecule has 1 saturated heterocycles. The van der Waals surface area contributed by atoms with Crippen LogP contribution in [0.5, 0.6) is 0 Å². The molecule has 1 aromatic rings. The molecule has 2 rings (SSSR count). The van der Waals surface area contributed by atoms with Crippen LogP contribution in [-0.2, 0) is 6.54 Å². The molecule has 1 aromatic heterocycles. The fraction of sp³-hybridized carbons (Fsp3) is 0.667. The SMILES string of the molecule is CCNc1ccc(Cl)c(CN2CCCCC2CC)n1. The summed E-state index contributed by atoms with van der Waals surface area (Å²) in [4.78, 5) is 7.18. The van der Waals surface area contributed by atoms with Gasteiger partial charge in [-0.1, -0.05) is 24.9 Å². The lowest BCUT2D eigenvalue weighted by Crippen LogP contribution is -2.38. The molecule has 0 aromatic carbocycles. The summed E-state index contributed by atoms with van der Waals surface area (Å²) in [5.74, 6) is 0.923. The highest BCUT2D eigenvalue weighted by Crippen LogP contribution is 2.24. The van der Waals surface area contributed by atoms with Gasteiger partial charge in [0.25, 0.3) is 0 Å². The number of likely N-dealkylation sites (tertiary alicyclic amines) is 1. The number of aromatic nitrogens is 1.